The molecule has 1 aliphatic carbocycles. The molecule has 0 amide bonds. The summed E-state index contributed by atoms with van der Waals surface area (Å²) >= 11 is 0. The van der Waals surface area contributed by atoms with Gasteiger partial charge in [0.2, 0.25) is 0 Å². The van der Waals surface area contributed by atoms with Gasteiger partial charge in [-0.2, -0.15) is 0 Å². The minimum absolute atomic E-state index is 0.355. The van der Waals surface area contributed by atoms with Crippen molar-refractivity contribution in [1.82, 2.24) is 9.80 Å². The molecule has 114 valence electrons. The summed E-state index contributed by atoms with van der Waals surface area (Å²) in [5.74, 6) is 1.84. The maximum absolute atomic E-state index is 6.42. The van der Waals surface area contributed by atoms with E-state index >= 15 is 0 Å². The van der Waals surface area contributed by atoms with E-state index in [9.17, 15) is 0 Å². The van der Waals surface area contributed by atoms with Gasteiger partial charge in [-0.1, -0.05) is 12.8 Å². The molecule has 0 spiro atoms. The molecule has 3 aliphatic heterocycles. The third-order valence-electron chi connectivity index (χ3n) is 7.06. The van der Waals surface area contributed by atoms with Crippen molar-refractivity contribution in [3.05, 3.63) is 0 Å². The summed E-state index contributed by atoms with van der Waals surface area (Å²) in [6.07, 6.45) is 11.5. The normalized spacial score (nSPS) is 49.0. The number of nitrogens with zero attached hydrogens (tertiary/aromatic N) is 2. The Kier molecular flexibility index (Phi) is 3.56. The SMILES string of the molecule is NCC1(N2CCC[C@H]3CCCC[C@H]32)CCN2CCC1C2. The molecule has 0 radical (unpaired) electrons. The largest absolute Gasteiger partial charge is 0.329 e. The second-order valence-electron chi connectivity index (χ2n) is 7.79. The molecular weight excluding hydrogens is 246 g/mol. The van der Waals surface area contributed by atoms with E-state index in [1.54, 1.807) is 0 Å². The van der Waals surface area contributed by atoms with Gasteiger partial charge in [0.05, 0.1) is 0 Å². The standard InChI is InChI=1S/C17H31N3/c18-13-17(8-11-19-10-7-15(17)12-19)20-9-3-5-14-4-1-2-6-16(14)20/h14-16H,1-13,18H2/t14-,15?,16-,17?/m1/s1. The van der Waals surface area contributed by atoms with Crippen molar-refractivity contribution >= 4 is 0 Å². The highest BCUT2D eigenvalue weighted by molar-refractivity contribution is 5.08. The minimum Gasteiger partial charge on any atom is -0.329 e. The molecule has 4 aliphatic rings. The van der Waals surface area contributed by atoms with Gasteiger partial charge in [0.1, 0.15) is 0 Å². The van der Waals surface area contributed by atoms with E-state index in [-0.39, 0.29) is 0 Å². The molecule has 3 heteroatoms. The molecule has 0 aromatic rings. The summed E-state index contributed by atoms with van der Waals surface area (Å²) in [6.45, 7) is 6.17. The van der Waals surface area contributed by atoms with Gasteiger partial charge in [0.25, 0.3) is 0 Å². The Morgan fingerprint density at radius 2 is 1.80 bits per heavy atom. The predicted molar refractivity (Wildman–Crippen MR) is 82.6 cm³/mol. The fraction of sp³-hybridized carbons (Fsp3) is 1.00. The summed E-state index contributed by atoms with van der Waals surface area (Å²) in [5.41, 5.74) is 6.77. The highest BCUT2D eigenvalue weighted by atomic mass is 15.3. The Hall–Kier alpha value is -0.120. The first-order chi connectivity index (χ1) is 9.83. The van der Waals surface area contributed by atoms with Crippen LogP contribution in [0.15, 0.2) is 0 Å². The third kappa shape index (κ3) is 1.97. The lowest BCUT2D eigenvalue weighted by molar-refractivity contribution is -0.0691. The van der Waals surface area contributed by atoms with E-state index in [1.807, 2.05) is 0 Å². The molecule has 4 rings (SSSR count). The van der Waals surface area contributed by atoms with Crippen LogP contribution in [0.4, 0.5) is 0 Å². The first-order valence-corrected chi connectivity index (χ1v) is 9.03. The number of nitrogens with two attached hydrogens (primary N) is 1. The summed E-state index contributed by atoms with van der Waals surface area (Å²) in [6, 6.07) is 0.869. The van der Waals surface area contributed by atoms with Crippen molar-refractivity contribution in [3.63, 3.8) is 0 Å². The van der Waals surface area contributed by atoms with Gasteiger partial charge in [-0.3, -0.25) is 4.90 Å². The van der Waals surface area contributed by atoms with Gasteiger partial charge < -0.3 is 10.6 Å². The first-order valence-electron chi connectivity index (χ1n) is 9.03. The van der Waals surface area contributed by atoms with Crippen molar-refractivity contribution in [3.8, 4) is 0 Å². The summed E-state index contributed by atoms with van der Waals surface area (Å²) in [5, 5.41) is 0. The smallest absolute Gasteiger partial charge is 0.0387 e. The van der Waals surface area contributed by atoms with Crippen LogP contribution in [-0.2, 0) is 0 Å². The highest BCUT2D eigenvalue weighted by Crippen LogP contribution is 2.45. The van der Waals surface area contributed by atoms with Gasteiger partial charge in [0, 0.05) is 24.7 Å². The van der Waals surface area contributed by atoms with E-state index in [0.717, 1.165) is 24.4 Å². The molecule has 2 bridgehead atoms. The quantitative estimate of drug-likeness (QED) is 0.838. The molecule has 0 aromatic heterocycles. The lowest BCUT2D eigenvalue weighted by Crippen LogP contribution is -2.67. The molecular formula is C17H31N3. The number of piperidine rings is 2. The monoisotopic (exact) mass is 277 g/mol. The average molecular weight is 277 g/mol. The Morgan fingerprint density at radius 1 is 0.950 bits per heavy atom. The molecule has 3 heterocycles. The van der Waals surface area contributed by atoms with E-state index in [1.165, 1.54) is 77.5 Å². The van der Waals surface area contributed by atoms with Crippen molar-refractivity contribution in [2.24, 2.45) is 17.6 Å². The third-order valence-corrected chi connectivity index (χ3v) is 7.06. The fourth-order valence-corrected chi connectivity index (χ4v) is 5.97. The number of fused-ring (bicyclic) bond motifs is 3. The van der Waals surface area contributed by atoms with Crippen molar-refractivity contribution in [2.45, 2.75) is 62.9 Å². The zero-order valence-corrected chi connectivity index (χ0v) is 12.9. The number of likely N-dealkylation sites (tertiary alicyclic amines) is 1. The van der Waals surface area contributed by atoms with Crippen molar-refractivity contribution < 1.29 is 0 Å². The van der Waals surface area contributed by atoms with Gasteiger partial charge in [-0.15, -0.1) is 0 Å². The van der Waals surface area contributed by atoms with Gasteiger partial charge in [-0.05, 0) is 70.0 Å². The molecule has 3 saturated heterocycles. The van der Waals surface area contributed by atoms with E-state index in [2.05, 4.69) is 9.80 Å². The molecule has 0 aromatic carbocycles. The fourth-order valence-electron chi connectivity index (χ4n) is 5.97. The average Bonchev–Trinajstić information content (AvgIpc) is 2.92. The molecule has 3 unspecified atom stereocenters. The summed E-state index contributed by atoms with van der Waals surface area (Å²) in [7, 11) is 0. The Morgan fingerprint density at radius 3 is 2.70 bits per heavy atom. The zero-order chi connectivity index (χ0) is 13.6. The van der Waals surface area contributed by atoms with Gasteiger partial charge in [0.15, 0.2) is 0 Å². The summed E-state index contributed by atoms with van der Waals surface area (Å²) in [4.78, 5) is 5.62. The Bertz CT molecular complexity index is 356. The van der Waals surface area contributed by atoms with Crippen LogP contribution in [0.25, 0.3) is 0 Å². The molecule has 4 fully saturated rings. The number of hydrogen-bond acceptors (Lipinski definition) is 3. The summed E-state index contributed by atoms with van der Waals surface area (Å²) < 4.78 is 0. The predicted octanol–water partition coefficient (Wildman–Crippen LogP) is 2.06. The van der Waals surface area contributed by atoms with E-state index in [4.69, 9.17) is 5.73 Å². The van der Waals surface area contributed by atoms with E-state index < -0.39 is 0 Å². The van der Waals surface area contributed by atoms with Crippen LogP contribution < -0.4 is 5.73 Å². The Balaban J connectivity index is 1.62. The minimum atomic E-state index is 0.355. The van der Waals surface area contributed by atoms with Crippen LogP contribution in [0.1, 0.15) is 51.4 Å². The van der Waals surface area contributed by atoms with Crippen LogP contribution in [-0.4, -0.2) is 54.1 Å². The number of rotatable bonds is 2. The first kappa shape index (κ1) is 13.5. The van der Waals surface area contributed by atoms with Crippen LogP contribution in [0.5, 0.6) is 0 Å². The lowest BCUT2D eigenvalue weighted by atomic mass is 9.71. The second kappa shape index (κ2) is 5.26. The maximum atomic E-state index is 6.42. The zero-order valence-electron chi connectivity index (χ0n) is 12.9. The molecule has 5 atom stereocenters. The van der Waals surface area contributed by atoms with E-state index in [0.29, 0.717) is 5.54 Å². The van der Waals surface area contributed by atoms with Crippen molar-refractivity contribution in [1.29, 1.82) is 0 Å². The Labute approximate surface area is 123 Å². The van der Waals surface area contributed by atoms with Gasteiger partial charge >= 0.3 is 0 Å². The van der Waals surface area contributed by atoms with Crippen LogP contribution in [0.3, 0.4) is 0 Å². The molecule has 2 N–H and O–H groups in total. The number of hydrogen-bond donors (Lipinski definition) is 1. The lowest BCUT2D eigenvalue weighted by Gasteiger charge is -2.57. The maximum Gasteiger partial charge on any atom is 0.0387 e. The topological polar surface area (TPSA) is 32.5 Å². The van der Waals surface area contributed by atoms with Crippen LogP contribution in [0.2, 0.25) is 0 Å². The van der Waals surface area contributed by atoms with Crippen LogP contribution >= 0.6 is 0 Å². The molecule has 1 saturated carbocycles. The molecule has 20 heavy (non-hydrogen) atoms. The van der Waals surface area contributed by atoms with Gasteiger partial charge in [-0.25, -0.2) is 0 Å². The molecule has 3 nitrogen and oxygen atoms in total. The van der Waals surface area contributed by atoms with Crippen molar-refractivity contribution in [2.75, 3.05) is 32.7 Å². The highest BCUT2D eigenvalue weighted by Gasteiger charge is 2.52. The van der Waals surface area contributed by atoms with Crippen LogP contribution in [0, 0.1) is 11.8 Å². The second-order valence-corrected chi connectivity index (χ2v) is 7.79.